The van der Waals surface area contributed by atoms with Crippen LogP contribution in [-0.2, 0) is 21.1 Å². The first-order valence-electron chi connectivity index (χ1n) is 7.07. The molecule has 0 spiro atoms. The van der Waals surface area contributed by atoms with Crippen molar-refractivity contribution in [2.45, 2.75) is 77.6 Å². The van der Waals surface area contributed by atoms with Gasteiger partial charge in [0.15, 0.2) is 0 Å². The molecule has 0 aromatic carbocycles. The Hall–Kier alpha value is 0.644. The van der Waals surface area contributed by atoms with Gasteiger partial charge in [-0.15, -0.1) is 0 Å². The van der Waals surface area contributed by atoms with Gasteiger partial charge in [0.1, 0.15) is 0 Å². The molecule has 0 aliphatic rings. The Labute approximate surface area is 122 Å². The van der Waals surface area contributed by atoms with Gasteiger partial charge in [0.05, 0.1) is 0 Å². The zero-order chi connectivity index (χ0) is 13.0. The van der Waals surface area contributed by atoms with Crippen molar-refractivity contribution in [2.24, 2.45) is 0 Å². The minimum atomic E-state index is -4.24. The molecule has 112 valence electrons. The smallest absolute Gasteiger partial charge is 0.811 e. The van der Waals surface area contributed by atoms with Crippen LogP contribution < -0.4 is 9.79 Å². The molecule has 0 N–H and O–H groups in total. The van der Waals surface area contributed by atoms with Gasteiger partial charge in [-0.1, -0.05) is 78.7 Å². The first-order valence-corrected chi connectivity index (χ1v) is 8.80. The van der Waals surface area contributed by atoms with E-state index in [1.165, 1.54) is 51.4 Å². The van der Waals surface area contributed by atoms with Gasteiger partial charge in [-0.3, -0.25) is 0 Å². The van der Waals surface area contributed by atoms with E-state index in [4.69, 9.17) is 0 Å². The fourth-order valence-electron chi connectivity index (χ4n) is 1.97. The summed E-state index contributed by atoms with van der Waals surface area (Å²) in [5.41, 5.74) is 0. The Morgan fingerprint density at radius 3 is 1.39 bits per heavy atom. The van der Waals surface area contributed by atoms with E-state index in [0.29, 0.717) is 6.42 Å². The average molecular weight is 321 g/mol. The summed E-state index contributed by atoms with van der Waals surface area (Å²) in [6.07, 6.45) is 12.7. The molecule has 0 aliphatic carbocycles. The summed E-state index contributed by atoms with van der Waals surface area (Å²) in [7, 11) is -4.24. The second kappa shape index (κ2) is 14.1. The molecule has 0 rings (SSSR count). The summed E-state index contributed by atoms with van der Waals surface area (Å²) in [4.78, 5) is 20.7. The molecule has 0 bridgehead atoms. The average Bonchev–Trinajstić information content (AvgIpc) is 2.24. The quantitative estimate of drug-likeness (QED) is 0.315. The molecule has 0 heterocycles. The number of rotatable bonds is 12. The molecular weight excluding hydrogens is 294 g/mol. The fourth-order valence-corrected chi connectivity index (χ4v) is 2.58. The van der Waals surface area contributed by atoms with E-state index in [2.05, 4.69) is 6.92 Å². The van der Waals surface area contributed by atoms with Crippen LogP contribution in [0.3, 0.4) is 0 Å². The van der Waals surface area contributed by atoms with E-state index >= 15 is 0 Å². The van der Waals surface area contributed by atoms with Gasteiger partial charge in [0.2, 0.25) is 0 Å². The molecule has 0 amide bonds. The fraction of sp³-hybridized carbons (Fsp3) is 1.00. The summed E-state index contributed by atoms with van der Waals surface area (Å²) in [6.45, 7) is 2.22. The Morgan fingerprint density at radius 1 is 0.722 bits per heavy atom. The molecule has 0 aromatic rings. The van der Waals surface area contributed by atoms with Crippen molar-refractivity contribution in [2.75, 3.05) is 6.16 Å². The minimum absolute atomic E-state index is 0. The summed E-state index contributed by atoms with van der Waals surface area (Å²) in [5, 5.41) is 0. The predicted molar refractivity (Wildman–Crippen MR) is 68.9 cm³/mol. The standard InChI is InChI=1S/C13H29O3P.Ni/c1-2-3-4-5-6-7-8-9-10-11-12-13-17(14,15)16;/h2-13H2,1H3,(H2,14,15,16);/q;+2/p-2. The predicted octanol–water partition coefficient (Wildman–Crippen LogP) is 3.21. The molecule has 3 nitrogen and oxygen atoms in total. The van der Waals surface area contributed by atoms with E-state index in [1.807, 2.05) is 0 Å². The van der Waals surface area contributed by atoms with Crippen LogP contribution in [0.1, 0.15) is 77.6 Å². The molecule has 18 heavy (non-hydrogen) atoms. The van der Waals surface area contributed by atoms with Gasteiger partial charge in [-0.2, -0.15) is 0 Å². The molecular formula is C13H27NiO3P. The van der Waals surface area contributed by atoms with E-state index in [9.17, 15) is 14.4 Å². The molecule has 0 aliphatic heterocycles. The van der Waals surface area contributed by atoms with Crippen LogP contribution in [0.2, 0.25) is 0 Å². The van der Waals surface area contributed by atoms with Crippen LogP contribution in [0.4, 0.5) is 0 Å². The largest absolute Gasteiger partial charge is 2.00 e. The van der Waals surface area contributed by atoms with Crippen molar-refractivity contribution in [3.05, 3.63) is 0 Å². The van der Waals surface area contributed by atoms with Gasteiger partial charge in [-0.05, 0) is 12.6 Å². The molecule has 0 atom stereocenters. The second-order valence-corrected chi connectivity index (χ2v) is 6.54. The summed E-state index contributed by atoms with van der Waals surface area (Å²) in [5.74, 6) is 0. The summed E-state index contributed by atoms with van der Waals surface area (Å²) in [6, 6.07) is 0. The maximum atomic E-state index is 10.4. The molecule has 0 aromatic heterocycles. The monoisotopic (exact) mass is 320 g/mol. The second-order valence-electron chi connectivity index (χ2n) is 4.87. The Morgan fingerprint density at radius 2 is 1.06 bits per heavy atom. The maximum Gasteiger partial charge on any atom is 2.00 e. The van der Waals surface area contributed by atoms with Crippen molar-refractivity contribution in [3.63, 3.8) is 0 Å². The van der Waals surface area contributed by atoms with Crippen LogP contribution in [0.15, 0.2) is 0 Å². The van der Waals surface area contributed by atoms with Gasteiger partial charge < -0.3 is 14.4 Å². The van der Waals surface area contributed by atoms with Crippen LogP contribution in [0, 0.1) is 0 Å². The third-order valence-corrected chi connectivity index (χ3v) is 3.90. The molecule has 0 saturated carbocycles. The molecule has 0 unspecified atom stereocenters. The van der Waals surface area contributed by atoms with Crippen LogP contribution in [-0.4, -0.2) is 6.16 Å². The van der Waals surface area contributed by atoms with E-state index in [-0.39, 0.29) is 22.7 Å². The van der Waals surface area contributed by atoms with Gasteiger partial charge >= 0.3 is 16.5 Å². The van der Waals surface area contributed by atoms with Crippen molar-refractivity contribution in [1.29, 1.82) is 0 Å². The molecule has 0 saturated heterocycles. The number of hydrogen-bond acceptors (Lipinski definition) is 3. The van der Waals surface area contributed by atoms with Crippen molar-refractivity contribution < 1.29 is 30.8 Å². The Balaban J connectivity index is 0. The summed E-state index contributed by atoms with van der Waals surface area (Å²) < 4.78 is 10.4. The van der Waals surface area contributed by atoms with Crippen LogP contribution in [0.25, 0.3) is 0 Å². The normalized spacial score (nSPS) is 11.3. The zero-order valence-electron chi connectivity index (χ0n) is 11.5. The Kier molecular flexibility index (Phi) is 16.4. The molecule has 5 heteroatoms. The van der Waals surface area contributed by atoms with E-state index < -0.39 is 7.60 Å². The topological polar surface area (TPSA) is 63.2 Å². The van der Waals surface area contributed by atoms with E-state index in [0.717, 1.165) is 12.8 Å². The summed E-state index contributed by atoms with van der Waals surface area (Å²) >= 11 is 0. The van der Waals surface area contributed by atoms with Crippen molar-refractivity contribution in [1.82, 2.24) is 0 Å². The van der Waals surface area contributed by atoms with Crippen molar-refractivity contribution in [3.8, 4) is 0 Å². The van der Waals surface area contributed by atoms with E-state index in [1.54, 1.807) is 0 Å². The third-order valence-electron chi connectivity index (χ3n) is 3.04. The Bertz CT molecular complexity index is 206. The number of unbranched alkanes of at least 4 members (excludes halogenated alkanes) is 10. The molecule has 0 fully saturated rings. The van der Waals surface area contributed by atoms with Gasteiger partial charge in [0.25, 0.3) is 0 Å². The SMILES string of the molecule is CCCCCCCCCCCCCP(=O)([O-])[O-].[Ni+2]. The third kappa shape index (κ3) is 19.0. The molecule has 0 radical (unpaired) electrons. The minimum Gasteiger partial charge on any atom is -0.811 e. The maximum absolute atomic E-state index is 10.4. The van der Waals surface area contributed by atoms with Gasteiger partial charge in [-0.25, -0.2) is 0 Å². The van der Waals surface area contributed by atoms with Crippen molar-refractivity contribution >= 4 is 7.60 Å². The number of hydrogen-bond donors (Lipinski definition) is 0. The first-order chi connectivity index (χ1) is 8.06. The van der Waals surface area contributed by atoms with Crippen LogP contribution in [0.5, 0.6) is 0 Å². The zero-order valence-corrected chi connectivity index (χ0v) is 13.4. The van der Waals surface area contributed by atoms with Gasteiger partial charge in [0, 0.05) is 0 Å². The van der Waals surface area contributed by atoms with Crippen LogP contribution >= 0.6 is 7.60 Å². The first kappa shape index (κ1) is 21.0.